The molecule has 2 aromatic heterocycles. The van der Waals surface area contributed by atoms with Crippen molar-refractivity contribution in [2.45, 2.75) is 31.9 Å². The summed E-state index contributed by atoms with van der Waals surface area (Å²) in [6.07, 6.45) is -1.03. The van der Waals surface area contributed by atoms with Crippen molar-refractivity contribution in [3.8, 4) is 11.4 Å². The lowest BCUT2D eigenvalue weighted by Gasteiger charge is -2.30. The first-order valence-electron chi connectivity index (χ1n) is 6.93. The topological polar surface area (TPSA) is 135 Å². The minimum absolute atomic E-state index is 0.218. The van der Waals surface area contributed by atoms with E-state index < -0.39 is 18.1 Å². The van der Waals surface area contributed by atoms with Crippen molar-refractivity contribution < 1.29 is 27.9 Å². The summed E-state index contributed by atoms with van der Waals surface area (Å²) in [5.74, 6) is -3.27. The Balaban J connectivity index is 0.000000277. The second kappa shape index (κ2) is 6.15. The zero-order valence-electron chi connectivity index (χ0n) is 13.2. The summed E-state index contributed by atoms with van der Waals surface area (Å²) in [7, 11) is 0. The Hall–Kier alpha value is -2.98. The molecule has 0 unspecified atom stereocenters. The summed E-state index contributed by atoms with van der Waals surface area (Å²) in [5.41, 5.74) is 8.94. The molecule has 0 saturated heterocycles. The Morgan fingerprint density at radius 2 is 1.96 bits per heavy atom. The number of nitrogens with two attached hydrogens (primary N) is 1. The molecule has 1 aliphatic carbocycles. The van der Waals surface area contributed by atoms with Crippen LogP contribution in [0.3, 0.4) is 0 Å². The predicted octanol–water partition coefficient (Wildman–Crippen LogP) is 1.43. The summed E-state index contributed by atoms with van der Waals surface area (Å²) in [6.45, 7) is 4.12. The molecule has 0 saturated carbocycles. The molecule has 8 nitrogen and oxygen atoms in total. The molecule has 4 N–H and O–H groups in total. The van der Waals surface area contributed by atoms with Crippen molar-refractivity contribution in [3.63, 3.8) is 0 Å². The number of primary amides is 1. The van der Waals surface area contributed by atoms with Crippen molar-refractivity contribution in [3.05, 3.63) is 29.3 Å². The van der Waals surface area contributed by atoms with Gasteiger partial charge in [0.05, 0.1) is 11.4 Å². The van der Waals surface area contributed by atoms with Crippen LogP contribution in [0.15, 0.2) is 12.5 Å². The van der Waals surface area contributed by atoms with Gasteiger partial charge in [0.25, 0.3) is 5.91 Å². The SMILES string of the molecule is CC1(C)Cc2cncnc2-c2[nH]nc(C(N)=O)c21.O=C(O)C(F)(F)F. The number of aromatic nitrogens is 4. The number of halogens is 3. The normalized spacial score (nSPS) is 14.6. The third-order valence-corrected chi connectivity index (χ3v) is 3.58. The van der Waals surface area contributed by atoms with Crippen molar-refractivity contribution >= 4 is 11.9 Å². The maximum Gasteiger partial charge on any atom is 0.490 e. The van der Waals surface area contributed by atoms with Crippen LogP contribution < -0.4 is 5.73 Å². The molecular formula is C14H14F3N5O3. The van der Waals surface area contributed by atoms with Crippen LogP contribution in [0.2, 0.25) is 0 Å². The van der Waals surface area contributed by atoms with Gasteiger partial charge in [0.1, 0.15) is 6.33 Å². The van der Waals surface area contributed by atoms with E-state index in [1.165, 1.54) is 6.33 Å². The monoisotopic (exact) mass is 357 g/mol. The van der Waals surface area contributed by atoms with E-state index in [1.807, 2.05) is 0 Å². The molecule has 0 atom stereocenters. The Morgan fingerprint density at radius 3 is 2.48 bits per heavy atom. The van der Waals surface area contributed by atoms with Crippen molar-refractivity contribution in [2.24, 2.45) is 5.73 Å². The lowest BCUT2D eigenvalue weighted by Crippen LogP contribution is -2.29. The van der Waals surface area contributed by atoms with E-state index in [9.17, 15) is 18.0 Å². The molecule has 25 heavy (non-hydrogen) atoms. The summed E-state index contributed by atoms with van der Waals surface area (Å²) in [5, 5.41) is 14.0. The second-order valence-electron chi connectivity index (χ2n) is 5.95. The molecule has 0 bridgehead atoms. The number of nitrogens with one attached hydrogen (secondary N) is 1. The number of H-pyrrole nitrogens is 1. The molecule has 3 rings (SSSR count). The van der Waals surface area contributed by atoms with Gasteiger partial charge in [-0.05, 0) is 17.4 Å². The number of aliphatic carboxylic acids is 1. The largest absolute Gasteiger partial charge is 0.490 e. The molecule has 1 aliphatic rings. The minimum Gasteiger partial charge on any atom is -0.475 e. The van der Waals surface area contributed by atoms with Crippen LogP contribution in [-0.2, 0) is 16.6 Å². The summed E-state index contributed by atoms with van der Waals surface area (Å²) < 4.78 is 31.7. The smallest absolute Gasteiger partial charge is 0.475 e. The summed E-state index contributed by atoms with van der Waals surface area (Å²) in [6, 6.07) is 0. The predicted molar refractivity (Wildman–Crippen MR) is 78.6 cm³/mol. The van der Waals surface area contributed by atoms with Gasteiger partial charge in [0, 0.05) is 11.8 Å². The number of carboxylic acid groups (broad SMARTS) is 1. The van der Waals surface area contributed by atoms with E-state index in [4.69, 9.17) is 15.6 Å². The number of carbonyl (C=O) groups excluding carboxylic acids is 1. The number of hydrogen-bond acceptors (Lipinski definition) is 5. The van der Waals surface area contributed by atoms with Crippen LogP contribution in [0.1, 0.15) is 35.5 Å². The molecule has 0 fully saturated rings. The van der Waals surface area contributed by atoms with E-state index in [-0.39, 0.29) is 5.41 Å². The lowest BCUT2D eigenvalue weighted by atomic mass is 9.73. The molecule has 0 aliphatic heterocycles. The fraction of sp³-hybridized carbons (Fsp3) is 0.357. The summed E-state index contributed by atoms with van der Waals surface area (Å²) in [4.78, 5) is 28.6. The highest BCUT2D eigenvalue weighted by Gasteiger charge is 2.38. The quantitative estimate of drug-likeness (QED) is 0.707. The number of nitrogens with zero attached hydrogens (tertiary/aromatic N) is 3. The molecular weight excluding hydrogens is 343 g/mol. The van der Waals surface area contributed by atoms with Gasteiger partial charge in [0.2, 0.25) is 0 Å². The van der Waals surface area contributed by atoms with Crippen LogP contribution >= 0.6 is 0 Å². The highest BCUT2D eigenvalue weighted by molar-refractivity contribution is 5.95. The Kier molecular flexibility index (Phi) is 4.51. The Bertz CT molecular complexity index is 829. The minimum atomic E-state index is -5.08. The number of fused-ring (bicyclic) bond motifs is 3. The van der Waals surface area contributed by atoms with Crippen LogP contribution in [0.5, 0.6) is 0 Å². The van der Waals surface area contributed by atoms with Crippen LogP contribution in [-0.4, -0.2) is 43.3 Å². The molecule has 2 aromatic rings. The maximum absolute atomic E-state index is 11.4. The van der Waals surface area contributed by atoms with E-state index in [1.54, 1.807) is 6.20 Å². The molecule has 11 heteroatoms. The van der Waals surface area contributed by atoms with E-state index >= 15 is 0 Å². The number of hydrogen-bond donors (Lipinski definition) is 3. The van der Waals surface area contributed by atoms with Gasteiger partial charge in [-0.3, -0.25) is 9.89 Å². The number of rotatable bonds is 1. The van der Waals surface area contributed by atoms with Gasteiger partial charge >= 0.3 is 12.1 Å². The van der Waals surface area contributed by atoms with E-state index in [0.717, 1.165) is 28.9 Å². The van der Waals surface area contributed by atoms with Gasteiger partial charge in [-0.2, -0.15) is 18.3 Å². The molecule has 134 valence electrons. The molecule has 2 heterocycles. The number of alkyl halides is 3. The highest BCUT2D eigenvalue weighted by atomic mass is 19.4. The molecule has 1 amide bonds. The maximum atomic E-state index is 11.4. The molecule has 0 radical (unpaired) electrons. The first-order valence-corrected chi connectivity index (χ1v) is 6.93. The molecule has 0 spiro atoms. The van der Waals surface area contributed by atoms with Gasteiger partial charge in [-0.1, -0.05) is 13.8 Å². The third kappa shape index (κ3) is 3.59. The highest BCUT2D eigenvalue weighted by Crippen LogP contribution is 2.42. The van der Waals surface area contributed by atoms with Crippen molar-refractivity contribution in [1.29, 1.82) is 0 Å². The Labute approximate surface area is 139 Å². The first-order chi connectivity index (χ1) is 11.4. The summed E-state index contributed by atoms with van der Waals surface area (Å²) >= 11 is 0. The Morgan fingerprint density at radius 1 is 1.36 bits per heavy atom. The van der Waals surface area contributed by atoms with Crippen LogP contribution in [0.25, 0.3) is 11.4 Å². The first kappa shape index (κ1) is 18.4. The van der Waals surface area contributed by atoms with Crippen LogP contribution in [0.4, 0.5) is 13.2 Å². The third-order valence-electron chi connectivity index (χ3n) is 3.58. The number of amides is 1. The zero-order valence-corrected chi connectivity index (χ0v) is 13.2. The number of aromatic amines is 1. The van der Waals surface area contributed by atoms with Crippen molar-refractivity contribution in [2.75, 3.05) is 0 Å². The van der Waals surface area contributed by atoms with Crippen molar-refractivity contribution in [1.82, 2.24) is 20.2 Å². The zero-order chi connectivity index (χ0) is 19.0. The number of carboxylic acids is 1. The average molecular weight is 357 g/mol. The second-order valence-corrected chi connectivity index (χ2v) is 5.95. The van der Waals surface area contributed by atoms with Gasteiger partial charge < -0.3 is 10.8 Å². The van der Waals surface area contributed by atoms with Gasteiger partial charge in [-0.25, -0.2) is 14.8 Å². The lowest BCUT2D eigenvalue weighted by molar-refractivity contribution is -0.192. The number of carbonyl (C=O) groups is 2. The van der Waals surface area contributed by atoms with Gasteiger partial charge in [0.15, 0.2) is 5.69 Å². The van der Waals surface area contributed by atoms with Crippen LogP contribution in [0, 0.1) is 0 Å². The molecule has 0 aromatic carbocycles. The fourth-order valence-electron chi connectivity index (χ4n) is 2.63. The standard InChI is InChI=1S/C12H13N5O.C2HF3O2/c1-12(2)3-6-4-14-5-15-8(6)9-7(12)10(11(13)18)17-16-9;3-2(4,5)1(6)7/h4-5H,3H2,1-2H3,(H2,13,18)(H,16,17);(H,6,7). The van der Waals surface area contributed by atoms with E-state index in [0.29, 0.717) is 5.69 Å². The van der Waals surface area contributed by atoms with Gasteiger partial charge in [-0.15, -0.1) is 0 Å². The van der Waals surface area contributed by atoms with E-state index in [2.05, 4.69) is 34.0 Å². The fourth-order valence-corrected chi connectivity index (χ4v) is 2.63. The average Bonchev–Trinajstić information content (AvgIpc) is 2.93.